The summed E-state index contributed by atoms with van der Waals surface area (Å²) in [5.74, 6) is 1.52. The third kappa shape index (κ3) is 2.51. The zero-order valence-electron chi connectivity index (χ0n) is 13.7. The summed E-state index contributed by atoms with van der Waals surface area (Å²) in [5, 5.41) is 16.0. The molecule has 0 atom stereocenters. The fourth-order valence-corrected chi connectivity index (χ4v) is 2.44. The van der Waals surface area contributed by atoms with Crippen LogP contribution in [0.3, 0.4) is 0 Å². The first-order valence-corrected chi connectivity index (χ1v) is 7.60. The van der Waals surface area contributed by atoms with Gasteiger partial charge in [0.05, 0.1) is 6.54 Å². The first-order chi connectivity index (χ1) is 11.6. The Morgan fingerprint density at radius 3 is 2.88 bits per heavy atom. The minimum absolute atomic E-state index is 0.414. The number of nitrogens with zero attached hydrogens (tertiary/aromatic N) is 6. The number of hydrogen-bond donors (Lipinski definition) is 1. The maximum Gasteiger partial charge on any atom is 0.296 e. The second-order valence-electron chi connectivity index (χ2n) is 5.82. The molecule has 0 spiro atoms. The molecule has 8 nitrogen and oxygen atoms in total. The summed E-state index contributed by atoms with van der Waals surface area (Å²) < 4.78 is 7.40. The van der Waals surface area contributed by atoms with Gasteiger partial charge >= 0.3 is 0 Å². The molecule has 0 aliphatic carbocycles. The predicted molar refractivity (Wildman–Crippen MR) is 91.2 cm³/mol. The summed E-state index contributed by atoms with van der Waals surface area (Å²) in [7, 11) is 3.88. The van der Waals surface area contributed by atoms with Crippen LogP contribution in [0.5, 0.6) is 0 Å². The van der Waals surface area contributed by atoms with E-state index in [2.05, 4.69) is 25.6 Å². The SMILES string of the molecule is Cc1ccc2oc(NCc3nnc4ccc(N(C)C)nn34)nc2c1. The van der Waals surface area contributed by atoms with Crippen LogP contribution in [0.15, 0.2) is 34.7 Å². The van der Waals surface area contributed by atoms with Crippen LogP contribution in [0.25, 0.3) is 16.7 Å². The molecule has 122 valence electrons. The molecule has 8 heteroatoms. The first kappa shape index (κ1) is 14.4. The molecule has 0 aliphatic rings. The highest BCUT2D eigenvalue weighted by Crippen LogP contribution is 2.20. The van der Waals surface area contributed by atoms with Crippen LogP contribution in [0, 0.1) is 6.92 Å². The van der Waals surface area contributed by atoms with Gasteiger partial charge in [-0.3, -0.25) is 0 Å². The summed E-state index contributed by atoms with van der Waals surface area (Å²) in [6.07, 6.45) is 0. The molecule has 0 fully saturated rings. The summed E-state index contributed by atoms with van der Waals surface area (Å²) >= 11 is 0. The highest BCUT2D eigenvalue weighted by Gasteiger charge is 2.11. The van der Waals surface area contributed by atoms with E-state index in [-0.39, 0.29) is 0 Å². The number of anilines is 2. The Kier molecular flexibility index (Phi) is 3.30. The number of aromatic nitrogens is 5. The number of aryl methyl sites for hydroxylation is 1. The van der Waals surface area contributed by atoms with Crippen molar-refractivity contribution in [2.45, 2.75) is 13.5 Å². The average molecular weight is 323 g/mol. The fourth-order valence-electron chi connectivity index (χ4n) is 2.44. The van der Waals surface area contributed by atoms with Gasteiger partial charge in [0.1, 0.15) is 11.3 Å². The number of oxazole rings is 1. The molecule has 0 radical (unpaired) electrons. The molecule has 24 heavy (non-hydrogen) atoms. The van der Waals surface area contributed by atoms with Gasteiger partial charge in [0.25, 0.3) is 6.01 Å². The van der Waals surface area contributed by atoms with Gasteiger partial charge in [-0.1, -0.05) is 6.07 Å². The molecular weight excluding hydrogens is 306 g/mol. The molecular formula is C16H17N7O. The van der Waals surface area contributed by atoms with E-state index >= 15 is 0 Å². The van der Waals surface area contributed by atoms with Crippen molar-refractivity contribution in [3.8, 4) is 0 Å². The lowest BCUT2D eigenvalue weighted by Crippen LogP contribution is -2.13. The topological polar surface area (TPSA) is 84.4 Å². The van der Waals surface area contributed by atoms with E-state index in [1.165, 1.54) is 0 Å². The Hall–Kier alpha value is -3.16. The third-order valence-corrected chi connectivity index (χ3v) is 3.71. The average Bonchev–Trinajstić information content (AvgIpc) is 3.15. The Labute approximate surface area is 138 Å². The van der Waals surface area contributed by atoms with Crippen molar-refractivity contribution < 1.29 is 4.42 Å². The van der Waals surface area contributed by atoms with Crippen LogP contribution in [0.2, 0.25) is 0 Å². The van der Waals surface area contributed by atoms with Crippen molar-refractivity contribution in [3.05, 3.63) is 41.7 Å². The van der Waals surface area contributed by atoms with Gasteiger partial charge in [0.2, 0.25) is 0 Å². The van der Waals surface area contributed by atoms with Gasteiger partial charge in [-0.05, 0) is 36.8 Å². The van der Waals surface area contributed by atoms with Crippen molar-refractivity contribution in [1.29, 1.82) is 0 Å². The predicted octanol–water partition coefficient (Wildman–Crippen LogP) is 2.25. The third-order valence-electron chi connectivity index (χ3n) is 3.71. The van der Waals surface area contributed by atoms with Crippen molar-refractivity contribution >= 4 is 28.6 Å². The van der Waals surface area contributed by atoms with Gasteiger partial charge in [-0.2, -0.15) is 9.50 Å². The highest BCUT2D eigenvalue weighted by molar-refractivity contribution is 5.75. The van der Waals surface area contributed by atoms with Gasteiger partial charge in [-0.15, -0.1) is 15.3 Å². The lowest BCUT2D eigenvalue weighted by molar-refractivity contribution is 0.611. The van der Waals surface area contributed by atoms with Gasteiger partial charge in [0.15, 0.2) is 17.1 Å². The van der Waals surface area contributed by atoms with Gasteiger partial charge < -0.3 is 14.6 Å². The normalized spacial score (nSPS) is 11.3. The van der Waals surface area contributed by atoms with E-state index < -0.39 is 0 Å². The summed E-state index contributed by atoms with van der Waals surface area (Å²) in [4.78, 5) is 6.37. The van der Waals surface area contributed by atoms with Crippen LogP contribution in [0.1, 0.15) is 11.4 Å². The number of hydrogen-bond acceptors (Lipinski definition) is 7. The van der Waals surface area contributed by atoms with E-state index in [9.17, 15) is 0 Å². The molecule has 0 saturated heterocycles. The maximum absolute atomic E-state index is 5.69. The molecule has 1 aromatic carbocycles. The zero-order valence-corrected chi connectivity index (χ0v) is 13.7. The van der Waals surface area contributed by atoms with Crippen LogP contribution in [-0.2, 0) is 6.54 Å². The van der Waals surface area contributed by atoms with E-state index in [4.69, 9.17) is 4.42 Å². The molecule has 4 rings (SSSR count). The quantitative estimate of drug-likeness (QED) is 0.616. The van der Waals surface area contributed by atoms with Crippen LogP contribution in [0.4, 0.5) is 11.8 Å². The molecule has 0 amide bonds. The molecule has 0 unspecified atom stereocenters. The monoisotopic (exact) mass is 323 g/mol. The van der Waals surface area contributed by atoms with E-state index in [0.717, 1.165) is 22.5 Å². The molecule has 4 aromatic rings. The largest absolute Gasteiger partial charge is 0.424 e. The summed E-state index contributed by atoms with van der Waals surface area (Å²) in [6, 6.07) is 10.2. The van der Waals surface area contributed by atoms with Crippen LogP contribution in [-0.4, -0.2) is 38.9 Å². The van der Waals surface area contributed by atoms with Gasteiger partial charge in [0, 0.05) is 14.1 Å². The van der Waals surface area contributed by atoms with Crippen LogP contribution < -0.4 is 10.2 Å². The minimum Gasteiger partial charge on any atom is -0.424 e. The Morgan fingerprint density at radius 1 is 1.17 bits per heavy atom. The number of benzene rings is 1. The lowest BCUT2D eigenvalue weighted by Gasteiger charge is -2.10. The van der Waals surface area contributed by atoms with Crippen molar-refractivity contribution in [3.63, 3.8) is 0 Å². The second-order valence-corrected chi connectivity index (χ2v) is 5.82. The molecule has 3 heterocycles. The molecule has 1 N–H and O–H groups in total. The fraction of sp³-hybridized carbons (Fsp3) is 0.250. The smallest absolute Gasteiger partial charge is 0.296 e. The number of nitrogens with one attached hydrogen (secondary N) is 1. The van der Waals surface area contributed by atoms with E-state index in [1.807, 2.05) is 56.3 Å². The molecule has 0 aliphatic heterocycles. The Morgan fingerprint density at radius 2 is 2.04 bits per heavy atom. The number of fused-ring (bicyclic) bond motifs is 2. The Balaban J connectivity index is 1.60. The van der Waals surface area contributed by atoms with E-state index in [0.29, 0.717) is 24.0 Å². The van der Waals surface area contributed by atoms with Crippen LogP contribution >= 0.6 is 0 Å². The van der Waals surface area contributed by atoms with Crippen molar-refractivity contribution in [1.82, 2.24) is 24.8 Å². The maximum atomic E-state index is 5.69. The van der Waals surface area contributed by atoms with Gasteiger partial charge in [-0.25, -0.2) is 0 Å². The summed E-state index contributed by atoms with van der Waals surface area (Å²) in [6.45, 7) is 2.44. The molecule has 0 saturated carbocycles. The van der Waals surface area contributed by atoms with E-state index in [1.54, 1.807) is 4.52 Å². The number of rotatable bonds is 4. The lowest BCUT2D eigenvalue weighted by atomic mass is 10.2. The molecule has 0 bridgehead atoms. The minimum atomic E-state index is 0.414. The highest BCUT2D eigenvalue weighted by atomic mass is 16.4. The van der Waals surface area contributed by atoms with Crippen molar-refractivity contribution in [2.75, 3.05) is 24.3 Å². The molecule has 3 aromatic heterocycles. The Bertz CT molecular complexity index is 1020. The second kappa shape index (κ2) is 5.48. The standard InChI is InChI=1S/C16H17N7O/c1-10-4-5-12-11(8-10)18-16(24-12)17-9-15-20-19-13-6-7-14(22(2)3)21-23(13)15/h4-8H,9H2,1-3H3,(H,17,18). The first-order valence-electron chi connectivity index (χ1n) is 7.60. The summed E-state index contributed by atoms with van der Waals surface area (Å²) in [5.41, 5.74) is 3.43. The van der Waals surface area contributed by atoms with Crippen molar-refractivity contribution in [2.24, 2.45) is 0 Å². The zero-order chi connectivity index (χ0) is 16.7.